The highest BCUT2D eigenvalue weighted by molar-refractivity contribution is 7.09. The zero-order valence-electron chi connectivity index (χ0n) is 12.9. The van der Waals surface area contributed by atoms with Gasteiger partial charge in [-0.3, -0.25) is 9.59 Å². The molecule has 4 nitrogen and oxygen atoms in total. The second-order valence-electron chi connectivity index (χ2n) is 7.06. The summed E-state index contributed by atoms with van der Waals surface area (Å²) in [5.41, 5.74) is 0. The van der Waals surface area contributed by atoms with Gasteiger partial charge in [-0.25, -0.2) is 0 Å². The first kappa shape index (κ1) is 14.2. The minimum absolute atomic E-state index is 0.0938. The fourth-order valence-electron chi connectivity index (χ4n) is 4.62. The number of nitrogens with zero attached hydrogens (tertiary/aromatic N) is 1. The minimum atomic E-state index is -0.180. The highest BCUT2D eigenvalue weighted by Crippen LogP contribution is 2.58. The predicted octanol–water partition coefficient (Wildman–Crippen LogP) is 2.68. The number of hydrogen-bond donors (Lipinski definition) is 0. The van der Waals surface area contributed by atoms with E-state index in [1.807, 2.05) is 16.3 Å². The summed E-state index contributed by atoms with van der Waals surface area (Å²) in [6, 6.07) is 4.22. The molecule has 22 heavy (non-hydrogen) atoms. The molecule has 1 aliphatic heterocycles. The summed E-state index contributed by atoms with van der Waals surface area (Å²) in [6.45, 7) is 4.75. The van der Waals surface area contributed by atoms with Gasteiger partial charge in [0.25, 0.3) is 0 Å². The summed E-state index contributed by atoms with van der Waals surface area (Å²) >= 11 is 1.67. The van der Waals surface area contributed by atoms with Crippen molar-refractivity contribution < 1.29 is 14.3 Å². The predicted molar refractivity (Wildman–Crippen MR) is 83.1 cm³/mol. The van der Waals surface area contributed by atoms with E-state index < -0.39 is 0 Å². The molecule has 3 aliphatic rings. The highest BCUT2D eigenvalue weighted by Gasteiger charge is 2.64. The first-order valence-electron chi connectivity index (χ1n) is 8.09. The molecule has 0 radical (unpaired) electrons. The van der Waals surface area contributed by atoms with E-state index in [1.54, 1.807) is 11.3 Å². The van der Waals surface area contributed by atoms with Crippen LogP contribution in [0.2, 0.25) is 0 Å². The Kier molecular flexibility index (Phi) is 3.29. The molecular formula is C17H21NO3S. The lowest BCUT2D eigenvalue weighted by Gasteiger charge is -2.33. The van der Waals surface area contributed by atoms with Crippen molar-refractivity contribution in [3.63, 3.8) is 0 Å². The maximum atomic E-state index is 13.2. The van der Waals surface area contributed by atoms with Crippen molar-refractivity contribution in [2.24, 2.45) is 23.7 Å². The Morgan fingerprint density at radius 2 is 2.27 bits per heavy atom. The van der Waals surface area contributed by atoms with Crippen LogP contribution in [0.5, 0.6) is 0 Å². The Morgan fingerprint density at radius 1 is 1.45 bits per heavy atom. The van der Waals surface area contributed by atoms with E-state index in [2.05, 4.69) is 19.9 Å². The number of hydrogen-bond acceptors (Lipinski definition) is 4. The third kappa shape index (κ3) is 2.02. The fraction of sp³-hybridized carbons (Fsp3) is 0.647. The maximum absolute atomic E-state index is 13.2. The summed E-state index contributed by atoms with van der Waals surface area (Å²) in [6.07, 6.45) is 1.97. The molecule has 1 amide bonds. The Labute approximate surface area is 134 Å². The van der Waals surface area contributed by atoms with Crippen molar-refractivity contribution in [2.45, 2.75) is 45.4 Å². The first-order valence-corrected chi connectivity index (χ1v) is 8.97. The molecule has 0 N–H and O–H groups in total. The second kappa shape index (κ2) is 5.08. The molecule has 0 spiro atoms. The molecular weight excluding hydrogens is 298 g/mol. The van der Waals surface area contributed by atoms with Gasteiger partial charge in [0.15, 0.2) is 0 Å². The van der Waals surface area contributed by atoms with Gasteiger partial charge in [-0.2, -0.15) is 0 Å². The molecule has 0 aromatic carbocycles. The third-order valence-corrected chi connectivity index (χ3v) is 6.44. The largest absolute Gasteiger partial charge is 0.462 e. The SMILES string of the molecule is CC(C)N(Cc1cccs1)C(=O)[C@H]1[C@@H]2C[C@@H]3[C@H]1C(=O)O[C@@H]3C2. The van der Waals surface area contributed by atoms with E-state index in [9.17, 15) is 9.59 Å². The van der Waals surface area contributed by atoms with E-state index in [0.29, 0.717) is 18.4 Å². The second-order valence-corrected chi connectivity index (χ2v) is 8.09. The summed E-state index contributed by atoms with van der Waals surface area (Å²) < 4.78 is 5.46. The van der Waals surface area contributed by atoms with Gasteiger partial charge in [-0.05, 0) is 44.1 Å². The van der Waals surface area contributed by atoms with E-state index in [4.69, 9.17) is 4.74 Å². The van der Waals surface area contributed by atoms with Gasteiger partial charge in [-0.1, -0.05) is 6.07 Å². The molecule has 1 aromatic rings. The van der Waals surface area contributed by atoms with Crippen molar-refractivity contribution in [3.8, 4) is 0 Å². The lowest BCUT2D eigenvalue weighted by molar-refractivity contribution is -0.149. The first-order chi connectivity index (χ1) is 10.6. The van der Waals surface area contributed by atoms with Crippen molar-refractivity contribution in [3.05, 3.63) is 22.4 Å². The van der Waals surface area contributed by atoms with Crippen molar-refractivity contribution >= 4 is 23.2 Å². The van der Waals surface area contributed by atoms with Crippen LogP contribution in [0, 0.1) is 23.7 Å². The van der Waals surface area contributed by atoms with Crippen LogP contribution in [-0.2, 0) is 20.9 Å². The van der Waals surface area contributed by atoms with Crippen LogP contribution in [-0.4, -0.2) is 28.9 Å². The van der Waals surface area contributed by atoms with Gasteiger partial charge in [0.1, 0.15) is 6.10 Å². The van der Waals surface area contributed by atoms with Crippen LogP contribution in [0.4, 0.5) is 0 Å². The molecule has 4 rings (SSSR count). The number of fused-ring (bicyclic) bond motifs is 1. The van der Waals surface area contributed by atoms with Crippen LogP contribution < -0.4 is 0 Å². The normalized spacial score (nSPS) is 35.2. The molecule has 2 bridgehead atoms. The van der Waals surface area contributed by atoms with Gasteiger partial charge >= 0.3 is 5.97 Å². The monoisotopic (exact) mass is 319 g/mol. The number of amides is 1. The number of esters is 1. The van der Waals surface area contributed by atoms with Crippen LogP contribution in [0.25, 0.3) is 0 Å². The molecule has 118 valence electrons. The van der Waals surface area contributed by atoms with Crippen LogP contribution >= 0.6 is 11.3 Å². The van der Waals surface area contributed by atoms with Gasteiger partial charge in [0.2, 0.25) is 5.91 Å². The molecule has 3 fully saturated rings. The van der Waals surface area contributed by atoms with Crippen molar-refractivity contribution in [1.82, 2.24) is 4.90 Å². The van der Waals surface area contributed by atoms with Gasteiger partial charge in [-0.15, -0.1) is 11.3 Å². The van der Waals surface area contributed by atoms with E-state index in [-0.39, 0.29) is 35.9 Å². The molecule has 1 aromatic heterocycles. The topological polar surface area (TPSA) is 46.6 Å². The Hall–Kier alpha value is -1.36. The van der Waals surface area contributed by atoms with Crippen LogP contribution in [0.1, 0.15) is 31.6 Å². The average molecular weight is 319 g/mol. The molecule has 2 heterocycles. The average Bonchev–Trinajstić information content (AvgIpc) is 3.19. The highest BCUT2D eigenvalue weighted by atomic mass is 32.1. The molecule has 5 heteroatoms. The standard InChI is InChI=1S/C17H21NO3S/c1-9(2)18(8-11-4-3-5-22-11)16(19)14-10-6-12-13(7-10)21-17(20)15(12)14/h3-5,9-10,12-15H,6-8H2,1-2H3/t10-,12+,13-,14+,15-/m1/s1. The van der Waals surface area contributed by atoms with Gasteiger partial charge in [0, 0.05) is 16.8 Å². The van der Waals surface area contributed by atoms with Crippen LogP contribution in [0.3, 0.4) is 0 Å². The summed E-state index contributed by atoms with van der Waals surface area (Å²) in [7, 11) is 0. The lowest BCUT2D eigenvalue weighted by Crippen LogP contribution is -2.45. The lowest BCUT2D eigenvalue weighted by atomic mass is 9.79. The molecule has 0 unspecified atom stereocenters. The summed E-state index contributed by atoms with van der Waals surface area (Å²) in [5.74, 6) is 0.316. The van der Waals surface area contributed by atoms with Gasteiger partial charge < -0.3 is 9.64 Å². The Balaban J connectivity index is 1.58. The Bertz CT molecular complexity index is 595. The smallest absolute Gasteiger partial charge is 0.310 e. The molecule has 2 aliphatic carbocycles. The molecule has 1 saturated heterocycles. The minimum Gasteiger partial charge on any atom is -0.462 e. The van der Waals surface area contributed by atoms with Gasteiger partial charge in [0.05, 0.1) is 18.4 Å². The summed E-state index contributed by atoms with van der Waals surface area (Å²) in [4.78, 5) is 28.4. The van der Waals surface area contributed by atoms with Crippen molar-refractivity contribution in [2.75, 3.05) is 0 Å². The third-order valence-electron chi connectivity index (χ3n) is 5.58. The van der Waals surface area contributed by atoms with E-state index in [1.165, 1.54) is 4.88 Å². The Morgan fingerprint density at radius 3 is 2.95 bits per heavy atom. The number of thiophene rings is 1. The summed E-state index contributed by atoms with van der Waals surface area (Å²) in [5, 5.41) is 2.04. The number of rotatable bonds is 4. The maximum Gasteiger partial charge on any atom is 0.310 e. The van der Waals surface area contributed by atoms with Crippen molar-refractivity contribution in [1.29, 1.82) is 0 Å². The fourth-order valence-corrected chi connectivity index (χ4v) is 5.32. The zero-order valence-corrected chi connectivity index (χ0v) is 13.7. The molecule has 2 saturated carbocycles. The molecule has 5 atom stereocenters. The van der Waals surface area contributed by atoms with Crippen LogP contribution in [0.15, 0.2) is 17.5 Å². The number of carbonyl (C=O) groups excluding carboxylic acids is 2. The zero-order chi connectivity index (χ0) is 15.4. The number of ether oxygens (including phenoxy) is 1. The van der Waals surface area contributed by atoms with E-state index in [0.717, 1.165) is 12.8 Å². The van der Waals surface area contributed by atoms with E-state index >= 15 is 0 Å². The number of carbonyl (C=O) groups is 2. The quantitative estimate of drug-likeness (QED) is 0.802.